The number of methoxy groups -OCH3 is 2. The number of hydrogen-bond acceptors (Lipinski definition) is 7. The van der Waals surface area contributed by atoms with E-state index in [1.165, 1.54) is 14.0 Å². The third-order valence-electron chi connectivity index (χ3n) is 3.46. The van der Waals surface area contributed by atoms with Crippen LogP contribution >= 0.6 is 11.3 Å². The molecule has 9 heteroatoms. The van der Waals surface area contributed by atoms with Gasteiger partial charge in [-0.25, -0.2) is 22.7 Å². The van der Waals surface area contributed by atoms with Crippen LogP contribution in [0.4, 0.5) is 0 Å². The Kier molecular flexibility index (Phi) is 6.32. The predicted molar refractivity (Wildman–Crippen MR) is 86.4 cm³/mol. The molecular weight excluding hydrogens is 342 g/mol. The van der Waals surface area contributed by atoms with Gasteiger partial charge in [-0.05, 0) is 25.3 Å². The van der Waals surface area contributed by atoms with E-state index in [0.29, 0.717) is 11.3 Å². The molecule has 1 aromatic heterocycles. The van der Waals surface area contributed by atoms with Crippen LogP contribution in [0.2, 0.25) is 0 Å². The van der Waals surface area contributed by atoms with Gasteiger partial charge >= 0.3 is 11.9 Å². The van der Waals surface area contributed by atoms with Gasteiger partial charge in [-0.2, -0.15) is 0 Å². The van der Waals surface area contributed by atoms with E-state index < -0.39 is 22.0 Å². The molecule has 0 saturated heterocycles. The minimum Gasteiger partial charge on any atom is -0.465 e. The molecule has 0 aliphatic carbocycles. The van der Waals surface area contributed by atoms with E-state index in [2.05, 4.69) is 14.2 Å². The van der Waals surface area contributed by atoms with Gasteiger partial charge in [0, 0.05) is 6.04 Å². The first-order valence-corrected chi connectivity index (χ1v) is 9.19. The maximum Gasteiger partial charge on any atom is 0.348 e. The minimum absolute atomic E-state index is 0.0606. The molecule has 130 valence electrons. The highest BCUT2D eigenvalue weighted by molar-refractivity contribution is 7.91. The molecule has 23 heavy (non-hydrogen) atoms. The van der Waals surface area contributed by atoms with E-state index in [-0.39, 0.29) is 32.2 Å². The monoisotopic (exact) mass is 363 g/mol. The van der Waals surface area contributed by atoms with Gasteiger partial charge in [0.2, 0.25) is 0 Å². The van der Waals surface area contributed by atoms with E-state index >= 15 is 0 Å². The molecule has 0 spiro atoms. The summed E-state index contributed by atoms with van der Waals surface area (Å²) in [5.41, 5.74) is 0.0904. The third kappa shape index (κ3) is 4.10. The van der Waals surface area contributed by atoms with Crippen LogP contribution < -0.4 is 4.72 Å². The summed E-state index contributed by atoms with van der Waals surface area (Å²) in [6.07, 6.45) is 0. The summed E-state index contributed by atoms with van der Waals surface area (Å²) in [6.45, 7) is 6.95. The Balaban J connectivity index is 3.50. The van der Waals surface area contributed by atoms with E-state index in [4.69, 9.17) is 0 Å². The SMILES string of the molecule is COC(=O)c1sc(S(=O)(=O)N[C@H](C)C(C)C)c(C(=O)OC)c1C. The zero-order valence-electron chi connectivity index (χ0n) is 13.9. The molecule has 1 aromatic rings. The minimum atomic E-state index is -3.97. The van der Waals surface area contributed by atoms with Crippen LogP contribution in [0.5, 0.6) is 0 Å². The number of hydrogen-bond donors (Lipinski definition) is 1. The molecule has 0 aliphatic heterocycles. The van der Waals surface area contributed by atoms with Crippen molar-refractivity contribution in [1.82, 2.24) is 4.72 Å². The van der Waals surface area contributed by atoms with Crippen molar-refractivity contribution in [3.8, 4) is 0 Å². The Morgan fingerprint density at radius 1 is 1.09 bits per heavy atom. The number of thiophene rings is 1. The summed E-state index contributed by atoms with van der Waals surface area (Å²) in [6, 6.07) is -0.338. The average molecular weight is 363 g/mol. The van der Waals surface area contributed by atoms with Gasteiger partial charge in [-0.3, -0.25) is 0 Å². The number of sulfonamides is 1. The van der Waals surface area contributed by atoms with Crippen LogP contribution in [-0.2, 0) is 19.5 Å². The van der Waals surface area contributed by atoms with Crippen LogP contribution in [0.15, 0.2) is 4.21 Å². The lowest BCUT2D eigenvalue weighted by Gasteiger charge is -2.17. The maximum absolute atomic E-state index is 12.6. The summed E-state index contributed by atoms with van der Waals surface area (Å²) in [4.78, 5) is 23.8. The van der Waals surface area contributed by atoms with Crippen molar-refractivity contribution in [2.24, 2.45) is 5.92 Å². The molecule has 0 amide bonds. The van der Waals surface area contributed by atoms with E-state index in [1.807, 2.05) is 13.8 Å². The maximum atomic E-state index is 12.6. The van der Waals surface area contributed by atoms with Gasteiger partial charge < -0.3 is 9.47 Å². The molecular formula is C14H21NO6S2. The van der Waals surface area contributed by atoms with Gasteiger partial charge in [0.1, 0.15) is 4.88 Å². The smallest absolute Gasteiger partial charge is 0.348 e. The fourth-order valence-corrected chi connectivity index (χ4v) is 4.89. The summed E-state index contributed by atoms with van der Waals surface area (Å²) in [5.74, 6) is -1.45. The van der Waals surface area contributed by atoms with Crippen LogP contribution in [-0.4, -0.2) is 40.6 Å². The Labute approximate surface area is 140 Å². The number of ether oxygens (including phenoxy) is 2. The molecule has 1 N–H and O–H groups in total. The molecule has 1 rings (SSSR count). The van der Waals surface area contributed by atoms with Crippen LogP contribution in [0, 0.1) is 12.8 Å². The Morgan fingerprint density at radius 3 is 2.04 bits per heavy atom. The number of rotatable bonds is 6. The summed E-state index contributed by atoms with van der Waals surface area (Å²) < 4.78 is 36.8. The molecule has 0 aromatic carbocycles. The first-order chi connectivity index (χ1) is 10.6. The lowest BCUT2D eigenvalue weighted by atomic mass is 10.1. The van der Waals surface area contributed by atoms with Gasteiger partial charge in [-0.1, -0.05) is 13.8 Å². The number of esters is 2. The molecule has 0 aliphatic rings. The lowest BCUT2D eigenvalue weighted by Crippen LogP contribution is -2.36. The van der Waals surface area contributed by atoms with Crippen molar-refractivity contribution in [2.45, 2.75) is 37.9 Å². The van der Waals surface area contributed by atoms with Gasteiger partial charge in [0.05, 0.1) is 19.8 Å². The second kappa shape index (κ2) is 7.41. The lowest BCUT2D eigenvalue weighted by molar-refractivity contribution is 0.0596. The molecule has 1 atom stereocenters. The highest BCUT2D eigenvalue weighted by atomic mass is 32.2. The van der Waals surface area contributed by atoms with E-state index in [9.17, 15) is 18.0 Å². The van der Waals surface area contributed by atoms with Crippen LogP contribution in [0.25, 0.3) is 0 Å². The fourth-order valence-electron chi connectivity index (χ4n) is 1.74. The van der Waals surface area contributed by atoms with Crippen molar-refractivity contribution < 1.29 is 27.5 Å². The fraction of sp³-hybridized carbons (Fsp3) is 0.571. The molecule has 1 heterocycles. The molecule has 0 saturated carbocycles. The Bertz CT molecular complexity index is 705. The zero-order chi connectivity index (χ0) is 17.9. The van der Waals surface area contributed by atoms with Crippen molar-refractivity contribution in [3.63, 3.8) is 0 Å². The zero-order valence-corrected chi connectivity index (χ0v) is 15.6. The second-order valence-corrected chi connectivity index (χ2v) is 8.29. The third-order valence-corrected chi connectivity index (χ3v) is 6.81. The van der Waals surface area contributed by atoms with Gasteiger partial charge in [0.15, 0.2) is 4.21 Å². The summed E-state index contributed by atoms with van der Waals surface area (Å²) >= 11 is 0.697. The molecule has 7 nitrogen and oxygen atoms in total. The van der Waals surface area contributed by atoms with Crippen LogP contribution in [0.3, 0.4) is 0 Å². The topological polar surface area (TPSA) is 98.8 Å². The average Bonchev–Trinajstić information content (AvgIpc) is 2.83. The van der Waals surface area contributed by atoms with E-state index in [0.717, 1.165) is 7.11 Å². The quantitative estimate of drug-likeness (QED) is 0.776. The van der Waals surface area contributed by atoms with Crippen molar-refractivity contribution in [3.05, 3.63) is 16.0 Å². The normalized spacial score (nSPS) is 13.0. The highest BCUT2D eigenvalue weighted by Crippen LogP contribution is 2.33. The first-order valence-electron chi connectivity index (χ1n) is 6.89. The van der Waals surface area contributed by atoms with E-state index in [1.54, 1.807) is 6.92 Å². The number of carbonyl (C=O) groups excluding carboxylic acids is 2. The largest absolute Gasteiger partial charge is 0.465 e. The summed E-state index contributed by atoms with van der Waals surface area (Å²) in [5, 5.41) is 0. The second-order valence-electron chi connectivity index (χ2n) is 5.36. The predicted octanol–water partition coefficient (Wildman–Crippen LogP) is 1.95. The van der Waals surface area contributed by atoms with Crippen LogP contribution in [0.1, 0.15) is 46.4 Å². The van der Waals surface area contributed by atoms with Gasteiger partial charge in [0.25, 0.3) is 10.0 Å². The van der Waals surface area contributed by atoms with Crippen molar-refractivity contribution in [2.75, 3.05) is 14.2 Å². The molecule has 0 bridgehead atoms. The molecule has 0 radical (unpaired) electrons. The van der Waals surface area contributed by atoms with Crippen molar-refractivity contribution in [1.29, 1.82) is 0 Å². The molecule has 0 fully saturated rings. The summed E-state index contributed by atoms with van der Waals surface area (Å²) in [7, 11) is -1.64. The van der Waals surface area contributed by atoms with Gasteiger partial charge in [-0.15, -0.1) is 11.3 Å². The number of nitrogens with one attached hydrogen (secondary N) is 1. The highest BCUT2D eigenvalue weighted by Gasteiger charge is 2.33. The molecule has 0 unspecified atom stereocenters. The Morgan fingerprint density at radius 2 is 1.61 bits per heavy atom. The van der Waals surface area contributed by atoms with Crippen molar-refractivity contribution >= 4 is 33.3 Å². The standard InChI is InChI=1S/C14H21NO6S2/c1-7(2)9(4)15-23(18,19)14-10(12(16)20-5)8(3)11(22-14)13(17)21-6/h7,9,15H,1-6H3/t9-/m1/s1. The Hall–Kier alpha value is -1.45. The first kappa shape index (κ1) is 19.6. The number of carbonyl (C=O) groups is 2.